The van der Waals surface area contributed by atoms with Crippen molar-refractivity contribution in [1.82, 2.24) is 9.88 Å². The molecule has 0 radical (unpaired) electrons. The van der Waals surface area contributed by atoms with Crippen LogP contribution in [0.15, 0.2) is 97.2 Å². The minimum absolute atomic E-state index is 0.195. The van der Waals surface area contributed by atoms with E-state index >= 15 is 0 Å². The number of benzene rings is 3. The van der Waals surface area contributed by atoms with Crippen LogP contribution in [0.2, 0.25) is 5.02 Å². The molecule has 8 nitrogen and oxygen atoms in total. The maximum Gasteiger partial charge on any atom is 0.491 e. The molecule has 3 aromatic carbocycles. The second-order valence-corrected chi connectivity index (χ2v) is 9.71. The Balaban J connectivity index is 1.46. The zero-order valence-corrected chi connectivity index (χ0v) is 23.2. The summed E-state index contributed by atoms with van der Waals surface area (Å²) in [6, 6.07) is 23.9. The third-order valence-electron chi connectivity index (χ3n) is 6.26. The van der Waals surface area contributed by atoms with Crippen molar-refractivity contribution < 1.29 is 37.0 Å². The molecule has 0 saturated heterocycles. The first-order valence-electron chi connectivity index (χ1n) is 12.9. The summed E-state index contributed by atoms with van der Waals surface area (Å²) in [7, 11) is 0. The van der Waals surface area contributed by atoms with E-state index in [0.717, 1.165) is 11.1 Å². The van der Waals surface area contributed by atoms with Crippen molar-refractivity contribution in [2.45, 2.75) is 25.2 Å². The van der Waals surface area contributed by atoms with Gasteiger partial charge in [0.1, 0.15) is 17.8 Å². The predicted molar refractivity (Wildman–Crippen MR) is 151 cm³/mol. The van der Waals surface area contributed by atoms with E-state index in [0.29, 0.717) is 28.4 Å². The van der Waals surface area contributed by atoms with Gasteiger partial charge < -0.3 is 19.4 Å². The Hall–Kier alpha value is -4.90. The fourth-order valence-corrected chi connectivity index (χ4v) is 4.18. The average molecular weight is 612 g/mol. The number of ether oxygens (including phenoxy) is 2. The highest BCUT2D eigenvalue weighted by Gasteiger charge is 2.42. The molecule has 0 aliphatic heterocycles. The quantitative estimate of drug-likeness (QED) is 0.172. The van der Waals surface area contributed by atoms with Gasteiger partial charge in [-0.15, -0.1) is 0 Å². The summed E-state index contributed by atoms with van der Waals surface area (Å²) >= 11 is 5.94. The van der Waals surface area contributed by atoms with E-state index in [4.69, 9.17) is 21.7 Å². The Labute approximate surface area is 249 Å². The average Bonchev–Trinajstić information content (AvgIpc) is 2.98. The molecule has 0 saturated carbocycles. The number of carbonyl (C=O) groups is 3. The standard InChI is InChI=1S/C31H25ClF3N3O5/c32-24-12-8-21(9-13-24)20-4-6-22(7-5-20)26(19-28(39)43-30(41)31(33,34)35)37-29(40)23-10-14-25(15-11-23)42-18-17-38-16-2-1-3-27(38)36/h1-16,26,36H,17-19H2,(H,37,40). The molecule has 12 heteroatoms. The number of alkyl halides is 3. The molecular weight excluding hydrogens is 587 g/mol. The van der Waals surface area contributed by atoms with Gasteiger partial charge in [-0.2, -0.15) is 13.2 Å². The van der Waals surface area contributed by atoms with Crippen LogP contribution in [0.25, 0.3) is 11.1 Å². The highest BCUT2D eigenvalue weighted by molar-refractivity contribution is 6.30. The van der Waals surface area contributed by atoms with Gasteiger partial charge >= 0.3 is 18.1 Å². The van der Waals surface area contributed by atoms with E-state index in [-0.39, 0.29) is 12.2 Å². The van der Waals surface area contributed by atoms with Crippen molar-refractivity contribution in [2.24, 2.45) is 0 Å². The molecule has 0 fully saturated rings. The molecule has 0 spiro atoms. The van der Waals surface area contributed by atoms with Gasteiger partial charge in [-0.1, -0.05) is 54.1 Å². The van der Waals surface area contributed by atoms with E-state index in [1.165, 1.54) is 12.1 Å². The Morgan fingerprint density at radius 3 is 2.12 bits per heavy atom. The lowest BCUT2D eigenvalue weighted by molar-refractivity contribution is -0.202. The van der Waals surface area contributed by atoms with Gasteiger partial charge in [-0.25, -0.2) is 4.79 Å². The van der Waals surface area contributed by atoms with Crippen molar-refractivity contribution in [3.05, 3.63) is 119 Å². The number of esters is 2. The number of hydrogen-bond donors (Lipinski definition) is 2. The molecule has 0 bridgehead atoms. The number of amides is 1. The molecule has 0 aliphatic rings. The summed E-state index contributed by atoms with van der Waals surface area (Å²) in [6.07, 6.45) is -4.32. The number of nitrogens with zero attached hydrogens (tertiary/aromatic N) is 1. The molecule has 1 unspecified atom stereocenters. The molecule has 1 amide bonds. The Kier molecular flexibility index (Phi) is 9.99. The van der Waals surface area contributed by atoms with Gasteiger partial charge in [0.2, 0.25) is 0 Å². The largest absolute Gasteiger partial charge is 0.492 e. The smallest absolute Gasteiger partial charge is 0.491 e. The molecule has 43 heavy (non-hydrogen) atoms. The SMILES string of the molecule is N=c1ccccn1CCOc1ccc(C(=O)NC(CC(=O)OC(=O)C(F)(F)F)c2ccc(-c3ccc(Cl)cc3)cc2)cc1. The van der Waals surface area contributed by atoms with Crippen LogP contribution in [0, 0.1) is 5.41 Å². The minimum Gasteiger partial charge on any atom is -0.492 e. The van der Waals surface area contributed by atoms with Crippen molar-refractivity contribution in [3.63, 3.8) is 0 Å². The molecule has 4 aromatic rings. The number of halogens is 4. The fraction of sp³-hybridized carbons (Fsp3) is 0.161. The summed E-state index contributed by atoms with van der Waals surface area (Å²) in [6.45, 7) is 0.715. The van der Waals surface area contributed by atoms with Gasteiger partial charge in [0.05, 0.1) is 19.0 Å². The third-order valence-corrected chi connectivity index (χ3v) is 6.51. The second-order valence-electron chi connectivity index (χ2n) is 9.27. The molecule has 1 atom stereocenters. The fourth-order valence-electron chi connectivity index (χ4n) is 4.05. The molecule has 222 valence electrons. The first kappa shape index (κ1) is 31.0. The van der Waals surface area contributed by atoms with Gasteiger partial charge in [-0.05, 0) is 65.2 Å². The predicted octanol–water partition coefficient (Wildman–Crippen LogP) is 5.86. The summed E-state index contributed by atoms with van der Waals surface area (Å²) < 4.78 is 49.2. The maximum absolute atomic E-state index is 13.1. The van der Waals surface area contributed by atoms with Crippen LogP contribution in [0.3, 0.4) is 0 Å². The van der Waals surface area contributed by atoms with Crippen molar-refractivity contribution in [3.8, 4) is 16.9 Å². The summed E-state index contributed by atoms with van der Waals surface area (Å²) in [5.41, 5.74) is 2.56. The van der Waals surface area contributed by atoms with Crippen molar-refractivity contribution >= 4 is 29.4 Å². The zero-order chi connectivity index (χ0) is 31.0. The number of carbonyl (C=O) groups excluding carboxylic acids is 3. The normalized spacial score (nSPS) is 11.8. The number of rotatable bonds is 10. The highest BCUT2D eigenvalue weighted by Crippen LogP contribution is 2.26. The van der Waals surface area contributed by atoms with Crippen LogP contribution < -0.4 is 15.5 Å². The number of hydrogen-bond acceptors (Lipinski definition) is 6. The minimum atomic E-state index is -5.35. The van der Waals surface area contributed by atoms with E-state index in [2.05, 4.69) is 10.1 Å². The van der Waals surface area contributed by atoms with Crippen LogP contribution in [0.1, 0.15) is 28.4 Å². The zero-order valence-electron chi connectivity index (χ0n) is 22.4. The molecular formula is C31H25ClF3N3O5. The lowest BCUT2D eigenvalue weighted by Crippen LogP contribution is -2.33. The lowest BCUT2D eigenvalue weighted by atomic mass is 9.98. The topological polar surface area (TPSA) is 110 Å². The van der Waals surface area contributed by atoms with Crippen LogP contribution in [0.5, 0.6) is 5.75 Å². The summed E-state index contributed by atoms with van der Waals surface area (Å²) in [4.78, 5) is 36.5. The molecule has 2 N–H and O–H groups in total. The molecule has 4 rings (SSSR count). The van der Waals surface area contributed by atoms with Crippen LogP contribution in [-0.2, 0) is 20.9 Å². The Morgan fingerprint density at radius 1 is 0.884 bits per heavy atom. The molecule has 1 heterocycles. The Bertz CT molecular complexity index is 1640. The monoisotopic (exact) mass is 611 g/mol. The second kappa shape index (κ2) is 13.8. The molecule has 1 aromatic heterocycles. The van der Waals surface area contributed by atoms with E-state index in [9.17, 15) is 27.6 Å². The van der Waals surface area contributed by atoms with Crippen molar-refractivity contribution in [2.75, 3.05) is 6.61 Å². The van der Waals surface area contributed by atoms with Gasteiger partial charge in [0.25, 0.3) is 5.91 Å². The maximum atomic E-state index is 13.1. The van der Waals surface area contributed by atoms with Crippen LogP contribution in [0.4, 0.5) is 13.2 Å². The van der Waals surface area contributed by atoms with Crippen LogP contribution >= 0.6 is 11.6 Å². The number of pyridine rings is 1. The lowest BCUT2D eigenvalue weighted by Gasteiger charge is -2.19. The summed E-state index contributed by atoms with van der Waals surface area (Å²) in [5.74, 6) is -4.23. The molecule has 0 aliphatic carbocycles. The number of nitrogens with one attached hydrogen (secondary N) is 2. The first-order valence-corrected chi connectivity index (χ1v) is 13.3. The van der Waals surface area contributed by atoms with E-state index < -0.39 is 36.5 Å². The first-order chi connectivity index (χ1) is 20.5. The van der Waals surface area contributed by atoms with Gasteiger partial charge in [-0.3, -0.25) is 15.0 Å². The van der Waals surface area contributed by atoms with E-state index in [1.807, 2.05) is 0 Å². The Morgan fingerprint density at radius 2 is 1.51 bits per heavy atom. The van der Waals surface area contributed by atoms with Gasteiger partial charge in [0.15, 0.2) is 0 Å². The highest BCUT2D eigenvalue weighted by atomic mass is 35.5. The van der Waals surface area contributed by atoms with Crippen LogP contribution in [-0.4, -0.2) is 35.2 Å². The number of aromatic nitrogens is 1. The van der Waals surface area contributed by atoms with Crippen molar-refractivity contribution in [1.29, 1.82) is 5.41 Å². The third kappa shape index (κ3) is 8.79. The van der Waals surface area contributed by atoms with E-state index in [1.54, 1.807) is 89.6 Å². The van der Waals surface area contributed by atoms with Gasteiger partial charge in [0, 0.05) is 16.8 Å². The summed E-state index contributed by atoms with van der Waals surface area (Å²) in [5, 5.41) is 11.1.